The number of carboxylic acid groups (broad SMARTS) is 1. The molecule has 4 saturated heterocycles. The zero-order valence-electron chi connectivity index (χ0n) is 49.1. The number of carboxylic acids is 1. The SMILES string of the molecule is CC(=O)C1CSSCC2NC(=O)[C@H](Cc3ccc(O)cc3)CC(=O)C(CCC(=O)O)NC(=O)[C@@H]3CSSCC(CC(=O)C(C)NC(=O)C4CCCN4C(=O)[C@H](CC(N)=O)NC(=O)C(CSSCC(N)C(=O)C3)NC2=O)C(=O)NC([C@H](C)O)C(=O)CCC(=O)N1. The van der Waals surface area contributed by atoms with Gasteiger partial charge in [0.25, 0.3) is 0 Å². The Morgan fingerprint density at radius 1 is 0.640 bits per heavy atom. The molecule has 34 heteroatoms. The number of aromatic hydroxyl groups is 1. The van der Waals surface area contributed by atoms with Crippen molar-refractivity contribution in [2.75, 3.05) is 41.1 Å². The first-order valence-corrected chi connectivity index (χ1v) is 36.1. The summed E-state index contributed by atoms with van der Waals surface area (Å²) in [7, 11) is 5.68. The van der Waals surface area contributed by atoms with Crippen molar-refractivity contribution in [3.63, 3.8) is 0 Å². The molecule has 89 heavy (non-hydrogen) atoms. The Labute approximate surface area is 536 Å². The van der Waals surface area contributed by atoms with Crippen LogP contribution in [0.1, 0.15) is 90.5 Å². The average Bonchev–Trinajstić information content (AvgIpc) is 4.09. The highest BCUT2D eigenvalue weighted by Gasteiger charge is 2.42. The van der Waals surface area contributed by atoms with Gasteiger partial charge in [0.2, 0.25) is 53.2 Å². The number of nitrogens with one attached hydrogen (secondary N) is 7. The number of primary amides is 1. The summed E-state index contributed by atoms with van der Waals surface area (Å²) in [4.78, 5) is 211. The number of hydrogen-bond donors (Lipinski definition) is 12. The third kappa shape index (κ3) is 23.7. The summed E-state index contributed by atoms with van der Waals surface area (Å²) in [6.07, 6.45) is -6.45. The number of Topliss-reactive ketones (excluding diaryl/α,β-unsaturated/α-hetero) is 5. The molecule has 0 saturated carbocycles. The number of benzene rings is 1. The number of rotatable bonds is 9. The van der Waals surface area contributed by atoms with Crippen molar-refractivity contribution < 1.29 is 87.2 Å². The lowest BCUT2D eigenvalue weighted by Crippen LogP contribution is -2.60. The van der Waals surface area contributed by atoms with Gasteiger partial charge in [-0.2, -0.15) is 0 Å². The topological polar surface area (TPSA) is 456 Å². The molecule has 4 aliphatic heterocycles. The van der Waals surface area contributed by atoms with Crippen molar-refractivity contribution in [1.82, 2.24) is 42.1 Å². The van der Waals surface area contributed by atoms with Gasteiger partial charge >= 0.3 is 5.97 Å². The lowest BCUT2D eigenvalue weighted by atomic mass is 9.89. The number of aliphatic carboxylic acids is 1. The predicted molar refractivity (Wildman–Crippen MR) is 335 cm³/mol. The molecule has 9 unspecified atom stereocenters. The van der Waals surface area contributed by atoms with E-state index in [-0.39, 0.29) is 66.1 Å². The van der Waals surface area contributed by atoms with Gasteiger partial charge in [-0.25, -0.2) is 0 Å². The van der Waals surface area contributed by atoms with Gasteiger partial charge in [-0.05, 0) is 64.2 Å². The Hall–Kier alpha value is -5.91. The molecule has 1 aromatic carbocycles. The van der Waals surface area contributed by atoms with Crippen LogP contribution in [0.5, 0.6) is 5.75 Å². The minimum Gasteiger partial charge on any atom is -0.508 e. The minimum atomic E-state index is -1.76. The van der Waals surface area contributed by atoms with Crippen LogP contribution in [-0.2, 0) is 78.3 Å². The summed E-state index contributed by atoms with van der Waals surface area (Å²) >= 11 is 0. The lowest BCUT2D eigenvalue weighted by molar-refractivity contribution is -0.143. The van der Waals surface area contributed by atoms with Crippen molar-refractivity contribution in [3.05, 3.63) is 29.8 Å². The number of phenols is 1. The average molecular weight is 1360 g/mol. The number of phenolic OH excluding ortho intramolecular Hbond substituents is 1. The Bertz CT molecular complexity index is 2820. The Morgan fingerprint density at radius 2 is 1.20 bits per heavy atom. The Kier molecular flexibility index (Phi) is 30.0. The first-order valence-electron chi connectivity index (χ1n) is 28.6. The molecule has 14 N–H and O–H groups in total. The van der Waals surface area contributed by atoms with Crippen LogP contribution in [-0.4, -0.2) is 210 Å². The number of carbonyl (C=O) groups excluding carboxylic acids is 14. The molecule has 4 bridgehead atoms. The van der Waals surface area contributed by atoms with Crippen molar-refractivity contribution >= 4 is 153 Å². The summed E-state index contributed by atoms with van der Waals surface area (Å²) < 4.78 is 0. The fraction of sp³-hybridized carbons (Fsp3) is 0.618. The second kappa shape index (κ2) is 36.2. The van der Waals surface area contributed by atoms with Gasteiger partial charge in [0, 0.05) is 85.5 Å². The van der Waals surface area contributed by atoms with Crippen molar-refractivity contribution in [2.45, 2.75) is 152 Å². The molecule has 0 radical (unpaired) electrons. The molecule has 13 atom stereocenters. The summed E-state index contributed by atoms with van der Waals surface area (Å²) in [6, 6.07) is -7.85. The summed E-state index contributed by atoms with van der Waals surface area (Å²) in [5.41, 5.74) is 12.5. The molecule has 9 amide bonds. The van der Waals surface area contributed by atoms with E-state index in [1.54, 1.807) is 0 Å². The molecule has 4 fully saturated rings. The van der Waals surface area contributed by atoms with E-state index in [4.69, 9.17) is 11.5 Å². The van der Waals surface area contributed by atoms with E-state index in [0.29, 0.717) is 5.56 Å². The van der Waals surface area contributed by atoms with E-state index in [9.17, 15) is 87.2 Å². The summed E-state index contributed by atoms with van der Waals surface area (Å²) in [5.74, 6) is -19.2. The van der Waals surface area contributed by atoms with Crippen molar-refractivity contribution in [1.29, 1.82) is 0 Å². The fourth-order valence-corrected chi connectivity index (χ4v) is 17.0. The molecule has 0 aliphatic carbocycles. The van der Waals surface area contributed by atoms with E-state index in [2.05, 4.69) is 37.2 Å². The van der Waals surface area contributed by atoms with Gasteiger partial charge < -0.3 is 68.9 Å². The summed E-state index contributed by atoms with van der Waals surface area (Å²) in [5, 5.41) is 48.8. The third-order valence-electron chi connectivity index (χ3n) is 14.9. The molecule has 5 rings (SSSR count). The number of ketones is 5. The van der Waals surface area contributed by atoms with Crippen LogP contribution in [0.2, 0.25) is 0 Å². The molecular formula is C55H76N10O18S6. The molecule has 28 nitrogen and oxygen atoms in total. The lowest BCUT2D eigenvalue weighted by Gasteiger charge is -2.30. The highest BCUT2D eigenvalue weighted by atomic mass is 33.1. The predicted octanol–water partition coefficient (Wildman–Crippen LogP) is -1.36. The van der Waals surface area contributed by atoms with Crippen molar-refractivity contribution in [3.8, 4) is 5.75 Å². The molecular weight excluding hydrogens is 1280 g/mol. The zero-order valence-corrected chi connectivity index (χ0v) is 54.0. The van der Waals surface area contributed by atoms with E-state index >= 15 is 0 Å². The first-order chi connectivity index (χ1) is 42.1. The zero-order chi connectivity index (χ0) is 65.6. The van der Waals surface area contributed by atoms with Crippen molar-refractivity contribution in [2.24, 2.45) is 29.2 Å². The van der Waals surface area contributed by atoms with E-state index in [0.717, 1.165) is 69.7 Å². The number of hydrogen-bond acceptors (Lipinski definition) is 24. The van der Waals surface area contributed by atoms with Gasteiger partial charge in [-0.15, -0.1) is 0 Å². The number of carbonyl (C=O) groups is 15. The Balaban J connectivity index is 1.75. The third-order valence-corrected chi connectivity index (χ3v) is 22.3. The summed E-state index contributed by atoms with van der Waals surface area (Å²) in [6.45, 7) is 3.65. The molecule has 4 aliphatic rings. The van der Waals surface area contributed by atoms with E-state index in [1.165, 1.54) is 45.0 Å². The van der Waals surface area contributed by atoms with Gasteiger partial charge in [0.15, 0.2) is 28.9 Å². The quantitative estimate of drug-likeness (QED) is 0.127. The van der Waals surface area contributed by atoms with Gasteiger partial charge in [0.1, 0.15) is 36.0 Å². The number of aliphatic hydroxyl groups is 1. The van der Waals surface area contributed by atoms with Crippen LogP contribution in [0, 0.1) is 17.8 Å². The molecule has 0 aromatic heterocycles. The fourth-order valence-electron chi connectivity index (χ4n) is 9.68. The highest BCUT2D eigenvalue weighted by Crippen LogP contribution is 2.32. The van der Waals surface area contributed by atoms with Crippen LogP contribution >= 0.6 is 64.8 Å². The molecule has 1 aromatic rings. The standard InChI is InChI=1S/C55H76N10O18S6/c1-26-42(70)17-31-20-84-85-21-32-18-43(71)34(56)22-86-88-25-39(52(80)61-36(19-45(57)73)55(83)65-14-4-5-40(65)54(82)58-26)63-53(81)38(24-89-87-23-37(27(2)66)59-46(74)12-11-41(69)48(28(3)67)64-51(31)79)62-49(77)30(15-29-6-8-33(68)9-7-29)16-44(72)35(60-50(32)78)10-13-47(75)76/h6-9,26,28,30-32,34-40,48,67-68H,4-5,10-25,56H2,1-3H3,(H2,57,73)(H,58,82)(H,59,74)(H,60,78)(H,61,80)(H,62,77)(H,63,81)(H,64,79)(H,75,76)/t26?,28-,30+,31?,32-,34?,35?,36-,37?,38?,39?,40?,48?/m0/s1. The molecule has 4 heterocycles. The Morgan fingerprint density at radius 3 is 1.81 bits per heavy atom. The maximum Gasteiger partial charge on any atom is 0.303 e. The van der Waals surface area contributed by atoms with Crippen LogP contribution in [0.3, 0.4) is 0 Å². The number of aliphatic hydroxyl groups excluding tert-OH is 1. The minimum absolute atomic E-state index is 0.0599. The number of nitrogens with zero attached hydrogens (tertiary/aromatic N) is 1. The highest BCUT2D eigenvalue weighted by molar-refractivity contribution is 8.77. The largest absolute Gasteiger partial charge is 0.508 e. The number of nitrogens with two attached hydrogens (primary N) is 2. The maximum atomic E-state index is 14.9. The second-order valence-corrected chi connectivity index (χ2v) is 29.6. The smallest absolute Gasteiger partial charge is 0.303 e. The first kappa shape index (κ1) is 73.8. The number of amides is 9. The van der Waals surface area contributed by atoms with E-state index < -0.39 is 218 Å². The van der Waals surface area contributed by atoms with Crippen LogP contribution < -0.4 is 48.7 Å². The normalized spacial score (nSPS) is 29.6. The van der Waals surface area contributed by atoms with E-state index in [1.807, 2.05) is 0 Å². The maximum absolute atomic E-state index is 14.9. The van der Waals surface area contributed by atoms with Gasteiger partial charge in [-0.1, -0.05) is 76.9 Å². The number of fused-ring (bicyclic) bond motifs is 20. The molecule has 0 spiro atoms. The monoisotopic (exact) mass is 1360 g/mol. The van der Waals surface area contributed by atoms with Gasteiger partial charge in [-0.3, -0.25) is 71.9 Å². The van der Waals surface area contributed by atoms with Crippen LogP contribution in [0.15, 0.2) is 24.3 Å². The second-order valence-electron chi connectivity index (χ2n) is 22.0. The van der Waals surface area contributed by atoms with Gasteiger partial charge in [0.05, 0.1) is 48.5 Å². The van der Waals surface area contributed by atoms with Crippen LogP contribution in [0.4, 0.5) is 0 Å². The molecule has 490 valence electrons. The van der Waals surface area contributed by atoms with Crippen LogP contribution in [0.25, 0.3) is 0 Å².